The topological polar surface area (TPSA) is 38.9 Å². The molecule has 0 aliphatic heterocycles. The molecule has 1 saturated carbocycles. The van der Waals surface area contributed by atoms with Crippen molar-refractivity contribution in [2.75, 3.05) is 0 Å². The minimum absolute atomic E-state index is 0.186. The molecule has 0 saturated heterocycles. The summed E-state index contributed by atoms with van der Waals surface area (Å²) in [7, 11) is 0. The van der Waals surface area contributed by atoms with Crippen LogP contribution in [-0.4, -0.2) is 10.2 Å². The maximum Gasteiger partial charge on any atom is 0.238 e. The molecule has 0 radical (unpaired) electrons. The van der Waals surface area contributed by atoms with Gasteiger partial charge in [-0.1, -0.05) is 58.0 Å². The minimum Gasteiger partial charge on any atom is -0.423 e. The molecular weight excluding hydrogens is 272 g/mol. The van der Waals surface area contributed by atoms with E-state index < -0.39 is 0 Å². The lowest BCUT2D eigenvalue weighted by molar-refractivity contribution is 0.435. The quantitative estimate of drug-likeness (QED) is 0.779. The molecule has 1 aliphatic carbocycles. The Balaban J connectivity index is 1.86. The van der Waals surface area contributed by atoms with Crippen molar-refractivity contribution in [1.82, 2.24) is 10.2 Å². The molecule has 3 nitrogen and oxygen atoms in total. The van der Waals surface area contributed by atoms with Gasteiger partial charge in [-0.3, -0.25) is 0 Å². The van der Waals surface area contributed by atoms with Gasteiger partial charge in [0.1, 0.15) is 5.38 Å². The van der Waals surface area contributed by atoms with Crippen LogP contribution in [0.3, 0.4) is 0 Å². The highest BCUT2D eigenvalue weighted by molar-refractivity contribution is 6.22. The van der Waals surface area contributed by atoms with Crippen LogP contribution in [0.25, 0.3) is 0 Å². The van der Waals surface area contributed by atoms with Gasteiger partial charge in [0.05, 0.1) is 0 Å². The smallest absolute Gasteiger partial charge is 0.238 e. The second-order valence-corrected chi connectivity index (χ2v) is 7.06. The fourth-order valence-electron chi connectivity index (χ4n) is 3.04. The Bertz CT molecular complexity index is 604. The summed E-state index contributed by atoms with van der Waals surface area (Å²) in [5.41, 5.74) is 1.34. The fraction of sp³-hybridized carbons (Fsp3) is 0.500. The Morgan fingerprint density at radius 2 is 1.65 bits per heavy atom. The van der Waals surface area contributed by atoms with Gasteiger partial charge in [0, 0.05) is 5.92 Å². The normalized spacial score (nSPS) is 21.6. The third-order valence-electron chi connectivity index (χ3n) is 5.03. The third kappa shape index (κ3) is 1.87. The highest BCUT2D eigenvalue weighted by Crippen LogP contribution is 2.73. The molecule has 0 spiro atoms. The van der Waals surface area contributed by atoms with Gasteiger partial charge in [0.15, 0.2) is 0 Å². The molecule has 0 N–H and O–H groups in total. The van der Waals surface area contributed by atoms with E-state index in [2.05, 4.69) is 37.9 Å². The first-order chi connectivity index (χ1) is 9.35. The van der Waals surface area contributed by atoms with Crippen LogP contribution < -0.4 is 0 Å². The lowest BCUT2D eigenvalue weighted by Crippen LogP contribution is -1.95. The number of alkyl halides is 1. The van der Waals surface area contributed by atoms with E-state index >= 15 is 0 Å². The zero-order valence-corrected chi connectivity index (χ0v) is 13.0. The number of nitrogens with zero attached hydrogens (tertiary/aromatic N) is 2. The summed E-state index contributed by atoms with van der Waals surface area (Å²) in [6.07, 6.45) is 0. The zero-order valence-electron chi connectivity index (χ0n) is 12.2. The highest BCUT2D eigenvalue weighted by atomic mass is 35.5. The van der Waals surface area contributed by atoms with Gasteiger partial charge < -0.3 is 4.42 Å². The Morgan fingerprint density at radius 1 is 1.05 bits per heavy atom. The van der Waals surface area contributed by atoms with Gasteiger partial charge in [0.2, 0.25) is 11.8 Å². The average molecular weight is 291 g/mol. The maximum atomic E-state index is 6.42. The van der Waals surface area contributed by atoms with E-state index in [1.54, 1.807) is 0 Å². The number of rotatable bonds is 3. The van der Waals surface area contributed by atoms with Crippen molar-refractivity contribution in [2.24, 2.45) is 10.8 Å². The molecule has 3 rings (SSSR count). The second kappa shape index (κ2) is 4.32. The minimum atomic E-state index is -0.387. The molecule has 1 aromatic carbocycles. The van der Waals surface area contributed by atoms with E-state index in [1.165, 1.54) is 0 Å². The van der Waals surface area contributed by atoms with Gasteiger partial charge >= 0.3 is 0 Å². The van der Waals surface area contributed by atoms with Crippen LogP contribution in [0.4, 0.5) is 0 Å². The summed E-state index contributed by atoms with van der Waals surface area (Å²) in [6, 6.07) is 9.80. The van der Waals surface area contributed by atoms with Gasteiger partial charge in [-0.05, 0) is 16.4 Å². The SMILES string of the molecule is CC1(C)C(c2nnc(C(Cl)c3ccccc3)o2)C1(C)C. The lowest BCUT2D eigenvalue weighted by Gasteiger charge is -2.04. The molecule has 1 fully saturated rings. The van der Waals surface area contributed by atoms with Crippen LogP contribution >= 0.6 is 11.6 Å². The van der Waals surface area contributed by atoms with E-state index in [-0.39, 0.29) is 16.2 Å². The van der Waals surface area contributed by atoms with Crippen molar-refractivity contribution in [1.29, 1.82) is 0 Å². The molecule has 0 bridgehead atoms. The van der Waals surface area contributed by atoms with Crippen molar-refractivity contribution >= 4 is 11.6 Å². The number of aromatic nitrogens is 2. The van der Waals surface area contributed by atoms with Crippen LogP contribution in [0.5, 0.6) is 0 Å². The number of benzene rings is 1. The summed E-state index contributed by atoms with van der Waals surface area (Å²) in [4.78, 5) is 0. The Hall–Kier alpha value is -1.35. The lowest BCUT2D eigenvalue weighted by atomic mass is 10.0. The van der Waals surface area contributed by atoms with Crippen LogP contribution in [0.15, 0.2) is 34.7 Å². The largest absolute Gasteiger partial charge is 0.423 e. The molecule has 4 heteroatoms. The van der Waals surface area contributed by atoms with Crippen molar-refractivity contribution in [3.05, 3.63) is 47.7 Å². The molecule has 1 heterocycles. The summed E-state index contributed by atoms with van der Waals surface area (Å²) in [5.74, 6) is 1.49. The maximum absolute atomic E-state index is 6.42. The van der Waals surface area contributed by atoms with Gasteiger partial charge in [-0.15, -0.1) is 21.8 Å². The van der Waals surface area contributed by atoms with Crippen molar-refractivity contribution in [2.45, 2.75) is 39.0 Å². The van der Waals surface area contributed by atoms with E-state index in [1.807, 2.05) is 30.3 Å². The van der Waals surface area contributed by atoms with Crippen LogP contribution in [0.2, 0.25) is 0 Å². The third-order valence-corrected chi connectivity index (χ3v) is 5.47. The predicted molar refractivity (Wildman–Crippen MR) is 78.7 cm³/mol. The molecule has 2 aromatic rings. The number of halogens is 1. The standard InChI is InChI=1S/C16H19ClN2O/c1-15(2)12(16(15,3)4)14-19-18-13(20-14)11(17)10-8-6-5-7-9-10/h5-9,11-12H,1-4H3. The van der Waals surface area contributed by atoms with Crippen LogP contribution in [0, 0.1) is 10.8 Å². The summed E-state index contributed by atoms with van der Waals surface area (Å²) < 4.78 is 5.84. The Morgan fingerprint density at radius 3 is 2.20 bits per heavy atom. The summed E-state index contributed by atoms with van der Waals surface area (Å²) >= 11 is 6.42. The van der Waals surface area contributed by atoms with Gasteiger partial charge in [-0.25, -0.2) is 0 Å². The highest BCUT2D eigenvalue weighted by Gasteiger charge is 2.67. The molecular formula is C16H19ClN2O. The molecule has 0 amide bonds. The second-order valence-electron chi connectivity index (χ2n) is 6.63. The average Bonchev–Trinajstić information content (AvgIpc) is 2.75. The number of hydrogen-bond donors (Lipinski definition) is 0. The molecule has 1 atom stereocenters. The fourth-order valence-corrected chi connectivity index (χ4v) is 3.28. The molecule has 20 heavy (non-hydrogen) atoms. The van der Waals surface area contributed by atoms with Gasteiger partial charge in [-0.2, -0.15) is 0 Å². The van der Waals surface area contributed by atoms with E-state index in [4.69, 9.17) is 16.0 Å². The first kappa shape index (κ1) is 13.6. The molecule has 106 valence electrons. The summed E-state index contributed by atoms with van der Waals surface area (Å²) in [5, 5.41) is 7.96. The first-order valence-corrected chi connectivity index (χ1v) is 7.31. The number of hydrogen-bond acceptors (Lipinski definition) is 3. The Labute approximate surface area is 124 Å². The summed E-state index contributed by atoms with van der Waals surface area (Å²) in [6.45, 7) is 8.93. The molecule has 1 aromatic heterocycles. The zero-order chi connectivity index (χ0) is 14.5. The Kier molecular flexibility index (Phi) is 2.94. The van der Waals surface area contributed by atoms with Crippen molar-refractivity contribution in [3.8, 4) is 0 Å². The van der Waals surface area contributed by atoms with E-state index in [0.29, 0.717) is 17.7 Å². The van der Waals surface area contributed by atoms with E-state index in [0.717, 1.165) is 5.56 Å². The van der Waals surface area contributed by atoms with Gasteiger partial charge in [0.25, 0.3) is 0 Å². The first-order valence-electron chi connectivity index (χ1n) is 6.88. The molecule has 1 unspecified atom stereocenters. The molecule has 1 aliphatic rings. The van der Waals surface area contributed by atoms with Crippen molar-refractivity contribution < 1.29 is 4.42 Å². The van der Waals surface area contributed by atoms with Crippen molar-refractivity contribution in [3.63, 3.8) is 0 Å². The monoisotopic (exact) mass is 290 g/mol. The predicted octanol–water partition coefficient (Wildman–Crippen LogP) is 4.55. The van der Waals surface area contributed by atoms with Crippen LogP contribution in [-0.2, 0) is 0 Å². The van der Waals surface area contributed by atoms with E-state index in [9.17, 15) is 0 Å². The van der Waals surface area contributed by atoms with Crippen LogP contribution in [0.1, 0.15) is 56.3 Å².